The average Bonchev–Trinajstić information content (AvgIpc) is 2.70. The number of carbonyl (C=O) groups excluding carboxylic acids is 1. The van der Waals surface area contributed by atoms with E-state index in [0.717, 1.165) is 0 Å². The summed E-state index contributed by atoms with van der Waals surface area (Å²) in [6, 6.07) is 8.55. The van der Waals surface area contributed by atoms with Crippen molar-refractivity contribution >= 4 is 23.1 Å². The van der Waals surface area contributed by atoms with E-state index in [1.807, 2.05) is 0 Å². The monoisotopic (exact) mass is 418 g/mol. The van der Waals surface area contributed by atoms with E-state index >= 15 is 0 Å². The summed E-state index contributed by atoms with van der Waals surface area (Å²) < 4.78 is 10.9. The first-order valence-electron chi connectivity index (χ1n) is 8.36. The molecule has 2 aromatic carbocycles. The van der Waals surface area contributed by atoms with Gasteiger partial charge in [0.25, 0.3) is 5.78 Å². The molecule has 0 aliphatic carbocycles. The van der Waals surface area contributed by atoms with Gasteiger partial charge < -0.3 is 9.47 Å². The molecule has 0 saturated heterocycles. The van der Waals surface area contributed by atoms with E-state index < -0.39 is 32.4 Å². The van der Waals surface area contributed by atoms with Gasteiger partial charge in [0.05, 0.1) is 28.1 Å². The fourth-order valence-electron chi connectivity index (χ4n) is 3.28. The number of benzene rings is 2. The van der Waals surface area contributed by atoms with Gasteiger partial charge >= 0.3 is 10.7 Å². The standard InChI is InChI=1S/C19H15ClN2O7/c1-3-6-11-7-4-9-13-16(11)29-18(19(20,17(13)23)22(26)27)12-8-5-10-14(28-2)15(12)21(24)25/h3-5,7-10,18H,1,6H2,2H3/t18-,19+/m0/s1. The van der Waals surface area contributed by atoms with Gasteiger partial charge in [-0.1, -0.05) is 24.3 Å². The number of nitro groups is 2. The molecule has 1 aliphatic rings. The van der Waals surface area contributed by atoms with Crippen LogP contribution in [0.2, 0.25) is 0 Å². The van der Waals surface area contributed by atoms with Crippen LogP contribution in [0.1, 0.15) is 27.6 Å². The highest BCUT2D eigenvalue weighted by molar-refractivity contribution is 6.37. The number of rotatable bonds is 6. The predicted octanol–water partition coefficient (Wildman–Crippen LogP) is 3.86. The number of para-hydroxylation sites is 2. The van der Waals surface area contributed by atoms with Gasteiger partial charge in [-0.05, 0) is 41.8 Å². The Morgan fingerprint density at radius 3 is 2.55 bits per heavy atom. The minimum Gasteiger partial charge on any atom is -0.490 e. The molecular formula is C19H15ClN2O7. The maximum Gasteiger partial charge on any atom is 0.397 e. The molecule has 2 aromatic rings. The minimum absolute atomic E-state index is 0.0714. The molecule has 0 unspecified atom stereocenters. The lowest BCUT2D eigenvalue weighted by atomic mass is 9.88. The first-order valence-corrected chi connectivity index (χ1v) is 8.74. The minimum atomic E-state index is -2.79. The SMILES string of the molecule is C=CCc1cccc2c1O[C@@H](c1cccc(OC)c1[N+](=O)[O-])[C@](Cl)([N+](=O)[O-])C2=O. The number of hydrogen-bond donors (Lipinski definition) is 0. The molecule has 3 rings (SSSR count). The van der Waals surface area contributed by atoms with Crippen molar-refractivity contribution in [2.75, 3.05) is 7.11 Å². The van der Waals surface area contributed by atoms with Gasteiger partial charge in [-0.15, -0.1) is 6.58 Å². The Bertz CT molecular complexity index is 1040. The topological polar surface area (TPSA) is 122 Å². The summed E-state index contributed by atoms with van der Waals surface area (Å²) in [5, 5.41) is 23.6. The third-order valence-electron chi connectivity index (χ3n) is 4.59. The Kier molecular flexibility index (Phi) is 5.25. The Hall–Kier alpha value is -3.46. The molecule has 0 N–H and O–H groups in total. The fraction of sp³-hybridized carbons (Fsp3) is 0.211. The molecule has 29 heavy (non-hydrogen) atoms. The number of carbonyl (C=O) groups is 1. The zero-order chi connectivity index (χ0) is 21.3. The maximum atomic E-state index is 13.1. The summed E-state index contributed by atoms with van der Waals surface area (Å²) in [4.78, 5) is 32.1. The number of ether oxygens (including phenoxy) is 2. The molecule has 0 radical (unpaired) electrons. The zero-order valence-corrected chi connectivity index (χ0v) is 15.9. The molecule has 0 fully saturated rings. The van der Waals surface area contributed by atoms with Crippen LogP contribution >= 0.6 is 11.6 Å². The van der Waals surface area contributed by atoms with Crippen LogP contribution in [0.3, 0.4) is 0 Å². The molecule has 2 atom stereocenters. The quantitative estimate of drug-likeness (QED) is 0.229. The van der Waals surface area contributed by atoms with E-state index in [-0.39, 0.29) is 22.6 Å². The van der Waals surface area contributed by atoms with Crippen LogP contribution in [-0.4, -0.2) is 27.7 Å². The molecule has 9 nitrogen and oxygen atoms in total. The second-order valence-corrected chi connectivity index (χ2v) is 6.78. The van der Waals surface area contributed by atoms with Crippen molar-refractivity contribution in [3.63, 3.8) is 0 Å². The van der Waals surface area contributed by atoms with Crippen molar-refractivity contribution in [3.8, 4) is 11.5 Å². The maximum absolute atomic E-state index is 13.1. The van der Waals surface area contributed by atoms with Crippen molar-refractivity contribution in [1.82, 2.24) is 0 Å². The highest BCUT2D eigenvalue weighted by atomic mass is 35.5. The molecule has 1 heterocycles. The van der Waals surface area contributed by atoms with E-state index in [4.69, 9.17) is 21.1 Å². The van der Waals surface area contributed by atoms with E-state index in [9.17, 15) is 25.0 Å². The Labute approximate surface area is 169 Å². The van der Waals surface area contributed by atoms with E-state index in [1.165, 1.54) is 31.4 Å². The number of halogens is 1. The van der Waals surface area contributed by atoms with Gasteiger partial charge in [-0.2, -0.15) is 0 Å². The van der Waals surface area contributed by atoms with Crippen LogP contribution in [0.5, 0.6) is 11.5 Å². The lowest BCUT2D eigenvalue weighted by Crippen LogP contribution is -2.51. The van der Waals surface area contributed by atoms with Crippen LogP contribution in [0.25, 0.3) is 0 Å². The van der Waals surface area contributed by atoms with E-state index in [0.29, 0.717) is 12.0 Å². The van der Waals surface area contributed by atoms with Crippen molar-refractivity contribution in [2.45, 2.75) is 17.5 Å². The molecule has 150 valence electrons. The Balaban J connectivity index is 2.32. The lowest BCUT2D eigenvalue weighted by molar-refractivity contribution is -0.536. The first-order chi connectivity index (χ1) is 13.8. The van der Waals surface area contributed by atoms with Gasteiger partial charge in [-0.3, -0.25) is 25.0 Å². The van der Waals surface area contributed by atoms with Gasteiger partial charge in [0.15, 0.2) is 5.75 Å². The number of allylic oxidation sites excluding steroid dienone is 1. The fourth-order valence-corrected chi connectivity index (χ4v) is 3.55. The number of Topliss-reactive ketones (excluding diaryl/α,β-unsaturated/α-hetero) is 1. The second-order valence-electron chi connectivity index (χ2n) is 6.20. The lowest BCUT2D eigenvalue weighted by Gasteiger charge is -2.33. The van der Waals surface area contributed by atoms with Crippen LogP contribution in [0.4, 0.5) is 5.69 Å². The molecule has 1 aliphatic heterocycles. The van der Waals surface area contributed by atoms with Gasteiger partial charge in [-0.25, -0.2) is 0 Å². The van der Waals surface area contributed by atoms with Crippen molar-refractivity contribution in [1.29, 1.82) is 0 Å². The van der Waals surface area contributed by atoms with Crippen molar-refractivity contribution < 1.29 is 24.1 Å². The summed E-state index contributed by atoms with van der Waals surface area (Å²) in [7, 11) is 1.22. The average molecular weight is 419 g/mol. The van der Waals surface area contributed by atoms with Crippen LogP contribution in [0, 0.1) is 20.2 Å². The molecule has 10 heteroatoms. The normalized spacial score (nSPS) is 20.3. The smallest absolute Gasteiger partial charge is 0.397 e. The van der Waals surface area contributed by atoms with Crippen LogP contribution in [-0.2, 0) is 6.42 Å². The summed E-state index contributed by atoms with van der Waals surface area (Å²) >= 11 is 6.23. The summed E-state index contributed by atoms with van der Waals surface area (Å²) in [5.74, 6) is -1.08. The molecule has 0 saturated carbocycles. The third kappa shape index (κ3) is 3.09. The Morgan fingerprint density at radius 1 is 1.28 bits per heavy atom. The summed E-state index contributed by atoms with van der Waals surface area (Å²) in [6.07, 6.45) is 0.125. The van der Waals surface area contributed by atoms with Crippen molar-refractivity contribution in [3.05, 3.63) is 86.0 Å². The summed E-state index contributed by atoms with van der Waals surface area (Å²) in [6.45, 7) is 3.64. The number of nitrogens with zero attached hydrogens (tertiary/aromatic N) is 2. The number of ketones is 1. The van der Waals surface area contributed by atoms with Gasteiger partial charge in [0.2, 0.25) is 6.10 Å². The molecule has 0 aromatic heterocycles. The largest absolute Gasteiger partial charge is 0.490 e. The van der Waals surface area contributed by atoms with Crippen molar-refractivity contribution in [2.24, 2.45) is 0 Å². The first kappa shape index (κ1) is 20.3. The zero-order valence-electron chi connectivity index (χ0n) is 15.2. The number of alkyl halides is 1. The number of nitro benzene ring substituents is 1. The summed E-state index contributed by atoms with van der Waals surface area (Å²) in [5.41, 5.74) is -0.334. The van der Waals surface area contributed by atoms with Gasteiger partial charge in [0.1, 0.15) is 5.75 Å². The molecule has 0 spiro atoms. The molecule has 0 amide bonds. The highest BCUT2D eigenvalue weighted by Gasteiger charge is 2.63. The number of fused-ring (bicyclic) bond motifs is 1. The second kappa shape index (κ2) is 7.51. The third-order valence-corrected chi connectivity index (χ3v) is 5.10. The van der Waals surface area contributed by atoms with Gasteiger partial charge in [0, 0.05) is 0 Å². The Morgan fingerprint density at radius 2 is 1.97 bits per heavy atom. The van der Waals surface area contributed by atoms with Crippen LogP contribution < -0.4 is 9.47 Å². The van der Waals surface area contributed by atoms with E-state index in [1.54, 1.807) is 18.2 Å². The van der Waals surface area contributed by atoms with E-state index in [2.05, 4.69) is 6.58 Å². The molecular weight excluding hydrogens is 404 g/mol. The van der Waals surface area contributed by atoms with Crippen LogP contribution in [0.15, 0.2) is 49.1 Å². The highest BCUT2D eigenvalue weighted by Crippen LogP contribution is 2.49. The predicted molar refractivity (Wildman–Crippen MR) is 103 cm³/mol. The number of methoxy groups -OCH3 is 1. The number of hydrogen-bond acceptors (Lipinski definition) is 7. The molecule has 0 bridgehead atoms.